The van der Waals surface area contributed by atoms with Crippen molar-refractivity contribution >= 4 is 46.7 Å². The molecular weight excluding hydrogens is 371 g/mol. The van der Waals surface area contributed by atoms with Crippen molar-refractivity contribution in [2.45, 2.75) is 25.7 Å². The first-order valence-electron chi connectivity index (χ1n) is 5.66. The lowest BCUT2D eigenvalue weighted by Gasteiger charge is -2.10. The van der Waals surface area contributed by atoms with Gasteiger partial charge >= 0.3 is 12.3 Å². The second-order valence-electron chi connectivity index (χ2n) is 3.82. The predicted octanol–water partition coefficient (Wildman–Crippen LogP) is 5.45. The monoisotopic (exact) mass is 378 g/mol. The van der Waals surface area contributed by atoms with Gasteiger partial charge in [0.05, 0.1) is 10.0 Å². The third-order valence-corrected chi connectivity index (χ3v) is 2.98. The van der Waals surface area contributed by atoms with E-state index in [1.807, 2.05) is 0 Å². The van der Waals surface area contributed by atoms with Crippen molar-refractivity contribution in [2.75, 3.05) is 0 Å². The molecule has 0 aromatic heterocycles. The summed E-state index contributed by atoms with van der Waals surface area (Å²) in [5.74, 6) is -1.44. The SMILES string of the molecule is CCC(N=Nc1c(Cl)cc(OC(F)(F)F)cc1Cl)C(=O)OCl. The van der Waals surface area contributed by atoms with Crippen LogP contribution in [0.3, 0.4) is 0 Å². The average Bonchev–Trinajstić information content (AvgIpc) is 2.39. The number of carbonyl (C=O) groups is 1. The minimum absolute atomic E-state index is 0.112. The lowest BCUT2D eigenvalue weighted by molar-refractivity contribution is -0.274. The molecule has 0 heterocycles. The van der Waals surface area contributed by atoms with Gasteiger partial charge in [-0.2, -0.15) is 10.2 Å². The largest absolute Gasteiger partial charge is 0.573 e. The molecule has 0 saturated heterocycles. The van der Waals surface area contributed by atoms with Crippen LogP contribution in [0.15, 0.2) is 22.4 Å². The van der Waals surface area contributed by atoms with Crippen molar-refractivity contribution in [3.05, 3.63) is 22.2 Å². The smallest absolute Gasteiger partial charge is 0.406 e. The van der Waals surface area contributed by atoms with Crippen molar-refractivity contribution in [2.24, 2.45) is 10.2 Å². The average molecular weight is 380 g/mol. The molecule has 1 unspecified atom stereocenters. The Balaban J connectivity index is 3.04. The van der Waals surface area contributed by atoms with Gasteiger partial charge in [-0.3, -0.25) is 0 Å². The fraction of sp³-hybridized carbons (Fsp3) is 0.364. The summed E-state index contributed by atoms with van der Waals surface area (Å²) < 4.78 is 44.0. The highest BCUT2D eigenvalue weighted by molar-refractivity contribution is 6.38. The molecule has 5 nitrogen and oxygen atoms in total. The zero-order chi connectivity index (χ0) is 16.9. The van der Waals surface area contributed by atoms with Crippen molar-refractivity contribution in [1.82, 2.24) is 0 Å². The van der Waals surface area contributed by atoms with E-state index >= 15 is 0 Å². The van der Waals surface area contributed by atoms with Crippen LogP contribution in [0.25, 0.3) is 0 Å². The predicted molar refractivity (Wildman–Crippen MR) is 73.7 cm³/mol. The van der Waals surface area contributed by atoms with Gasteiger partial charge in [0.25, 0.3) is 0 Å². The molecule has 1 atom stereocenters. The molecule has 0 fully saturated rings. The van der Waals surface area contributed by atoms with Crippen LogP contribution in [-0.2, 0) is 9.08 Å². The summed E-state index contributed by atoms with van der Waals surface area (Å²) in [5.41, 5.74) is -0.112. The lowest BCUT2D eigenvalue weighted by Crippen LogP contribution is -2.17. The molecule has 0 aliphatic rings. The van der Waals surface area contributed by atoms with Crippen LogP contribution in [0.2, 0.25) is 10.0 Å². The van der Waals surface area contributed by atoms with Crippen LogP contribution >= 0.6 is 35.1 Å². The molecule has 0 amide bonds. The maximum absolute atomic E-state index is 12.1. The Morgan fingerprint density at radius 2 is 1.86 bits per heavy atom. The number of nitrogens with zero attached hydrogens (tertiary/aromatic N) is 2. The molecule has 0 bridgehead atoms. The summed E-state index contributed by atoms with van der Waals surface area (Å²) in [6, 6.07) is 0.752. The summed E-state index contributed by atoms with van der Waals surface area (Å²) >= 11 is 16.5. The molecule has 1 rings (SSSR count). The summed E-state index contributed by atoms with van der Waals surface area (Å²) in [6.07, 6.45) is -4.65. The van der Waals surface area contributed by atoms with E-state index in [9.17, 15) is 18.0 Å². The molecule has 0 radical (unpaired) electrons. The first kappa shape index (κ1) is 18.8. The van der Waals surface area contributed by atoms with E-state index in [0.717, 1.165) is 12.1 Å². The third kappa shape index (κ3) is 5.51. The Labute approximate surface area is 138 Å². The highest BCUT2D eigenvalue weighted by Gasteiger charge is 2.31. The number of hydrogen-bond donors (Lipinski definition) is 0. The van der Waals surface area contributed by atoms with Gasteiger partial charge in [-0.1, -0.05) is 30.1 Å². The zero-order valence-electron chi connectivity index (χ0n) is 10.8. The van der Waals surface area contributed by atoms with Gasteiger partial charge in [-0.25, -0.2) is 4.79 Å². The minimum atomic E-state index is -4.88. The van der Waals surface area contributed by atoms with Crippen LogP contribution in [0, 0.1) is 0 Å². The molecule has 22 heavy (non-hydrogen) atoms. The van der Waals surface area contributed by atoms with E-state index in [0.29, 0.717) is 0 Å². The fourth-order valence-electron chi connectivity index (χ4n) is 1.30. The van der Waals surface area contributed by atoms with Crippen LogP contribution in [-0.4, -0.2) is 18.4 Å². The van der Waals surface area contributed by atoms with E-state index in [-0.39, 0.29) is 22.2 Å². The maximum Gasteiger partial charge on any atom is 0.573 e. The molecule has 0 aliphatic heterocycles. The van der Waals surface area contributed by atoms with Crippen molar-refractivity contribution in [1.29, 1.82) is 0 Å². The second kappa shape index (κ2) is 7.85. The van der Waals surface area contributed by atoms with E-state index in [4.69, 9.17) is 35.1 Å². The Morgan fingerprint density at radius 3 is 2.27 bits per heavy atom. The van der Waals surface area contributed by atoms with Crippen LogP contribution < -0.4 is 4.74 Å². The summed E-state index contributed by atoms with van der Waals surface area (Å²) in [7, 11) is 0. The summed E-state index contributed by atoms with van der Waals surface area (Å²) in [5, 5.41) is 6.83. The Morgan fingerprint density at radius 1 is 1.32 bits per heavy atom. The molecule has 0 aliphatic carbocycles. The number of benzene rings is 1. The summed E-state index contributed by atoms with van der Waals surface area (Å²) in [6.45, 7) is 1.63. The highest BCUT2D eigenvalue weighted by Crippen LogP contribution is 2.38. The fourth-order valence-corrected chi connectivity index (χ4v) is 1.95. The number of alkyl halides is 3. The first-order valence-corrected chi connectivity index (χ1v) is 6.72. The van der Waals surface area contributed by atoms with Gasteiger partial charge < -0.3 is 9.03 Å². The number of halogens is 6. The Kier molecular flexibility index (Phi) is 6.70. The quantitative estimate of drug-likeness (QED) is 0.639. The number of ether oxygens (including phenoxy) is 1. The number of carbonyl (C=O) groups excluding carboxylic acids is 1. The standard InChI is InChI=1S/C11H8Cl3F3N2O3/c1-2-8(10(20)22-14)18-19-9-6(12)3-5(4-7(9)13)21-11(15,16)17/h3-4,8H,2H2,1H3. The van der Waals surface area contributed by atoms with Gasteiger partial charge in [-0.15, -0.1) is 13.2 Å². The third-order valence-electron chi connectivity index (χ3n) is 2.26. The number of hydrogen-bond acceptors (Lipinski definition) is 5. The highest BCUT2D eigenvalue weighted by atomic mass is 35.5. The van der Waals surface area contributed by atoms with Crippen molar-refractivity contribution in [3.8, 4) is 5.75 Å². The van der Waals surface area contributed by atoms with Crippen LogP contribution in [0.5, 0.6) is 5.75 Å². The molecule has 0 saturated carbocycles. The van der Waals surface area contributed by atoms with Gasteiger partial charge in [0.15, 0.2) is 6.04 Å². The van der Waals surface area contributed by atoms with Crippen molar-refractivity contribution < 1.29 is 27.0 Å². The molecule has 11 heteroatoms. The minimum Gasteiger partial charge on any atom is -0.406 e. The van der Waals surface area contributed by atoms with Gasteiger partial charge in [0.2, 0.25) is 0 Å². The molecule has 122 valence electrons. The maximum atomic E-state index is 12.1. The van der Waals surface area contributed by atoms with Gasteiger partial charge in [-0.05, 0) is 6.42 Å². The topological polar surface area (TPSA) is 60.2 Å². The molecular formula is C11H8Cl3F3N2O3. The van der Waals surface area contributed by atoms with E-state index < -0.39 is 24.1 Å². The molecule has 0 spiro atoms. The number of rotatable bonds is 5. The van der Waals surface area contributed by atoms with E-state index in [1.54, 1.807) is 6.92 Å². The first-order chi connectivity index (χ1) is 10.2. The van der Waals surface area contributed by atoms with Gasteiger partial charge in [0, 0.05) is 12.1 Å². The molecule has 1 aromatic rings. The molecule has 0 N–H and O–H groups in total. The van der Waals surface area contributed by atoms with E-state index in [2.05, 4.69) is 19.3 Å². The normalized spacial score (nSPS) is 13.2. The van der Waals surface area contributed by atoms with Crippen molar-refractivity contribution in [3.63, 3.8) is 0 Å². The van der Waals surface area contributed by atoms with E-state index in [1.165, 1.54) is 0 Å². The summed E-state index contributed by atoms with van der Waals surface area (Å²) in [4.78, 5) is 11.2. The second-order valence-corrected chi connectivity index (χ2v) is 4.79. The van der Waals surface area contributed by atoms with Crippen LogP contribution in [0.1, 0.15) is 13.3 Å². The Bertz CT molecular complexity index is 558. The Hall–Kier alpha value is -1.25. The number of azo groups is 1. The van der Waals surface area contributed by atoms with Crippen LogP contribution in [0.4, 0.5) is 18.9 Å². The zero-order valence-corrected chi connectivity index (χ0v) is 13.1. The van der Waals surface area contributed by atoms with Gasteiger partial charge in [0.1, 0.15) is 23.3 Å². The lowest BCUT2D eigenvalue weighted by atomic mass is 10.2. The molecule has 1 aromatic carbocycles.